The molecule has 5 nitrogen and oxygen atoms in total. The molecule has 0 saturated carbocycles. The van der Waals surface area contributed by atoms with Gasteiger partial charge in [-0.25, -0.2) is 13.6 Å². The van der Waals surface area contributed by atoms with Crippen LogP contribution in [0.4, 0.5) is 5.69 Å². The van der Waals surface area contributed by atoms with Crippen LogP contribution in [0.2, 0.25) is 0 Å². The minimum absolute atomic E-state index is 0.0462. The number of allylic oxidation sites excluding steroid dienone is 1. The van der Waals surface area contributed by atoms with Gasteiger partial charge in [0.15, 0.2) is 5.78 Å². The van der Waals surface area contributed by atoms with Gasteiger partial charge < -0.3 is 5.32 Å². The van der Waals surface area contributed by atoms with E-state index in [-0.39, 0.29) is 10.7 Å². The molecule has 1 aliphatic rings. The average molecular weight is 300 g/mol. The SMILES string of the molecule is NS(=O)(=O)c1ccc(NC2=CC(=O)c3ccccc32)cc1. The van der Waals surface area contributed by atoms with E-state index in [4.69, 9.17) is 5.14 Å². The summed E-state index contributed by atoms with van der Waals surface area (Å²) >= 11 is 0. The molecule has 3 N–H and O–H groups in total. The summed E-state index contributed by atoms with van der Waals surface area (Å²) in [5.41, 5.74) is 2.86. The van der Waals surface area contributed by atoms with E-state index in [1.54, 1.807) is 18.2 Å². The Kier molecular flexibility index (Phi) is 3.12. The molecule has 0 bridgehead atoms. The summed E-state index contributed by atoms with van der Waals surface area (Å²) in [6, 6.07) is 13.3. The van der Waals surface area contributed by atoms with Gasteiger partial charge in [-0.2, -0.15) is 0 Å². The lowest BCUT2D eigenvalue weighted by Crippen LogP contribution is -2.11. The van der Waals surface area contributed by atoms with Crippen molar-refractivity contribution in [3.05, 3.63) is 65.7 Å². The summed E-state index contributed by atoms with van der Waals surface area (Å²) < 4.78 is 22.4. The van der Waals surface area contributed by atoms with Crippen molar-refractivity contribution in [2.45, 2.75) is 4.90 Å². The first-order chi connectivity index (χ1) is 9.95. The van der Waals surface area contributed by atoms with Crippen LogP contribution in [0.3, 0.4) is 0 Å². The fourth-order valence-corrected chi connectivity index (χ4v) is 2.72. The van der Waals surface area contributed by atoms with Gasteiger partial charge in [-0.3, -0.25) is 4.79 Å². The van der Waals surface area contributed by atoms with Gasteiger partial charge in [0.1, 0.15) is 0 Å². The van der Waals surface area contributed by atoms with Crippen molar-refractivity contribution >= 4 is 27.2 Å². The third kappa shape index (κ3) is 2.58. The molecule has 3 rings (SSSR count). The highest BCUT2D eigenvalue weighted by molar-refractivity contribution is 7.89. The van der Waals surface area contributed by atoms with E-state index in [0.29, 0.717) is 16.9 Å². The van der Waals surface area contributed by atoms with Crippen LogP contribution in [-0.4, -0.2) is 14.2 Å². The molecule has 0 amide bonds. The minimum atomic E-state index is -3.70. The molecular formula is C15H12N2O3S. The lowest BCUT2D eigenvalue weighted by Gasteiger charge is -2.09. The van der Waals surface area contributed by atoms with Gasteiger partial charge in [0, 0.05) is 22.9 Å². The molecular weight excluding hydrogens is 288 g/mol. The Morgan fingerprint density at radius 1 is 0.905 bits per heavy atom. The molecule has 21 heavy (non-hydrogen) atoms. The average Bonchev–Trinajstić information content (AvgIpc) is 2.76. The van der Waals surface area contributed by atoms with E-state index in [1.807, 2.05) is 18.2 Å². The molecule has 1 aliphatic carbocycles. The number of sulfonamides is 1. The summed E-state index contributed by atoms with van der Waals surface area (Å²) in [7, 11) is -3.70. The lowest BCUT2D eigenvalue weighted by atomic mass is 10.1. The van der Waals surface area contributed by atoms with Crippen LogP contribution in [0.25, 0.3) is 5.70 Å². The molecule has 0 aliphatic heterocycles. The maximum absolute atomic E-state index is 11.8. The fourth-order valence-electron chi connectivity index (χ4n) is 2.21. The van der Waals surface area contributed by atoms with Crippen LogP contribution in [0.15, 0.2) is 59.5 Å². The molecule has 0 aromatic heterocycles. The van der Waals surface area contributed by atoms with Crippen LogP contribution in [-0.2, 0) is 10.0 Å². The predicted octanol–water partition coefficient (Wildman–Crippen LogP) is 1.98. The molecule has 6 heteroatoms. The van der Waals surface area contributed by atoms with E-state index in [9.17, 15) is 13.2 Å². The van der Waals surface area contributed by atoms with Gasteiger partial charge in [0.25, 0.3) is 0 Å². The van der Waals surface area contributed by atoms with Crippen LogP contribution in [0.1, 0.15) is 15.9 Å². The number of ketones is 1. The van der Waals surface area contributed by atoms with Crippen molar-refractivity contribution in [3.8, 4) is 0 Å². The highest BCUT2D eigenvalue weighted by atomic mass is 32.2. The number of fused-ring (bicyclic) bond motifs is 1. The molecule has 0 spiro atoms. The fraction of sp³-hybridized carbons (Fsp3) is 0. The normalized spacial score (nSPS) is 13.8. The molecule has 0 saturated heterocycles. The van der Waals surface area contributed by atoms with E-state index in [1.165, 1.54) is 18.2 Å². The summed E-state index contributed by atoms with van der Waals surface area (Å²) in [6.45, 7) is 0. The van der Waals surface area contributed by atoms with Crippen molar-refractivity contribution in [1.29, 1.82) is 0 Å². The summed E-state index contributed by atoms with van der Waals surface area (Å²) in [5, 5.41) is 8.16. The van der Waals surface area contributed by atoms with Gasteiger partial charge in [-0.15, -0.1) is 0 Å². The number of benzene rings is 2. The second-order valence-corrected chi connectivity index (χ2v) is 6.22. The second kappa shape index (κ2) is 4.83. The second-order valence-electron chi connectivity index (χ2n) is 4.66. The van der Waals surface area contributed by atoms with E-state index >= 15 is 0 Å². The highest BCUT2D eigenvalue weighted by Crippen LogP contribution is 2.28. The smallest absolute Gasteiger partial charge is 0.238 e. The van der Waals surface area contributed by atoms with Gasteiger partial charge in [-0.1, -0.05) is 24.3 Å². The first-order valence-electron chi connectivity index (χ1n) is 6.20. The molecule has 106 valence electrons. The number of nitrogens with one attached hydrogen (secondary N) is 1. The maximum atomic E-state index is 11.8. The summed E-state index contributed by atoms with van der Waals surface area (Å²) in [4.78, 5) is 11.9. The zero-order valence-corrected chi connectivity index (χ0v) is 11.7. The number of hydrogen-bond donors (Lipinski definition) is 2. The number of anilines is 1. The van der Waals surface area contributed by atoms with Gasteiger partial charge >= 0.3 is 0 Å². The van der Waals surface area contributed by atoms with Crippen molar-refractivity contribution in [3.63, 3.8) is 0 Å². The zero-order chi connectivity index (χ0) is 15.0. The lowest BCUT2D eigenvalue weighted by molar-refractivity contribution is 0.105. The molecule has 0 unspecified atom stereocenters. The zero-order valence-electron chi connectivity index (χ0n) is 10.9. The van der Waals surface area contributed by atoms with E-state index in [2.05, 4.69) is 5.32 Å². The third-order valence-electron chi connectivity index (χ3n) is 3.22. The van der Waals surface area contributed by atoms with E-state index in [0.717, 1.165) is 5.56 Å². The number of nitrogens with two attached hydrogens (primary N) is 1. The molecule has 0 atom stereocenters. The maximum Gasteiger partial charge on any atom is 0.238 e. The summed E-state index contributed by atoms with van der Waals surface area (Å²) in [5.74, 6) is -0.0470. The monoisotopic (exact) mass is 300 g/mol. The molecule has 0 heterocycles. The van der Waals surface area contributed by atoms with Crippen molar-refractivity contribution in [2.75, 3.05) is 5.32 Å². The van der Waals surface area contributed by atoms with E-state index < -0.39 is 10.0 Å². The predicted molar refractivity (Wildman–Crippen MR) is 80.2 cm³/mol. The van der Waals surface area contributed by atoms with Crippen LogP contribution in [0.5, 0.6) is 0 Å². The quantitative estimate of drug-likeness (QED) is 0.907. The Hall–Kier alpha value is -2.44. The molecule has 0 radical (unpaired) electrons. The number of rotatable bonds is 3. The van der Waals surface area contributed by atoms with Crippen molar-refractivity contribution < 1.29 is 13.2 Å². The number of primary sulfonamides is 1. The molecule has 0 fully saturated rings. The Bertz CT molecular complexity index is 853. The van der Waals surface area contributed by atoms with Crippen LogP contribution < -0.4 is 10.5 Å². The van der Waals surface area contributed by atoms with Crippen LogP contribution in [0, 0.1) is 0 Å². The molecule has 2 aromatic carbocycles. The van der Waals surface area contributed by atoms with Gasteiger partial charge in [-0.05, 0) is 24.3 Å². The minimum Gasteiger partial charge on any atom is -0.355 e. The number of carbonyl (C=O) groups is 1. The molecule has 2 aromatic rings. The van der Waals surface area contributed by atoms with Gasteiger partial charge in [0.05, 0.1) is 10.6 Å². The number of carbonyl (C=O) groups excluding carboxylic acids is 1. The Morgan fingerprint density at radius 3 is 2.14 bits per heavy atom. The first kappa shape index (κ1) is 13.5. The Morgan fingerprint density at radius 2 is 1.52 bits per heavy atom. The number of hydrogen-bond acceptors (Lipinski definition) is 4. The first-order valence-corrected chi connectivity index (χ1v) is 7.75. The van der Waals surface area contributed by atoms with Crippen LogP contribution >= 0.6 is 0 Å². The standard InChI is InChI=1S/C15H12N2O3S/c16-21(19,20)11-7-5-10(6-8-11)17-14-9-15(18)13-4-2-1-3-12(13)14/h1-9,17H,(H2,16,19,20). The summed E-state index contributed by atoms with van der Waals surface area (Å²) in [6.07, 6.45) is 1.53. The van der Waals surface area contributed by atoms with Crippen molar-refractivity contribution in [2.24, 2.45) is 5.14 Å². The van der Waals surface area contributed by atoms with Gasteiger partial charge in [0.2, 0.25) is 10.0 Å². The highest BCUT2D eigenvalue weighted by Gasteiger charge is 2.20. The topological polar surface area (TPSA) is 89.3 Å². The Balaban J connectivity index is 1.89. The third-order valence-corrected chi connectivity index (χ3v) is 4.15. The largest absolute Gasteiger partial charge is 0.355 e. The Labute approximate surface area is 122 Å². The van der Waals surface area contributed by atoms with Crippen molar-refractivity contribution in [1.82, 2.24) is 0 Å².